The molecule has 0 aromatic heterocycles. The molecule has 2 aromatic carbocycles. The van der Waals surface area contributed by atoms with Gasteiger partial charge in [-0.25, -0.2) is 8.78 Å². The standard InChI is InChI=1S/C14H13F2NOS/c1-9-4-11(15)3-2-10(9)8-19(18)14-6-12(16)5-13(17)7-14/h2-7H,8,17H2,1H3. The number of hydrogen-bond acceptors (Lipinski definition) is 2. The van der Waals surface area contributed by atoms with Crippen molar-refractivity contribution in [2.45, 2.75) is 17.6 Å². The molecule has 0 radical (unpaired) electrons. The summed E-state index contributed by atoms with van der Waals surface area (Å²) < 4.78 is 38.3. The highest BCUT2D eigenvalue weighted by Gasteiger charge is 2.10. The van der Waals surface area contributed by atoms with Gasteiger partial charge in [0.2, 0.25) is 0 Å². The first-order chi connectivity index (χ1) is 8.95. The quantitative estimate of drug-likeness (QED) is 0.878. The monoisotopic (exact) mass is 281 g/mol. The van der Waals surface area contributed by atoms with Gasteiger partial charge in [-0.2, -0.15) is 0 Å². The molecule has 0 heterocycles. The van der Waals surface area contributed by atoms with Gasteiger partial charge in [-0.05, 0) is 48.4 Å². The van der Waals surface area contributed by atoms with E-state index in [2.05, 4.69) is 0 Å². The van der Waals surface area contributed by atoms with E-state index in [0.717, 1.165) is 11.1 Å². The van der Waals surface area contributed by atoms with Gasteiger partial charge in [-0.1, -0.05) is 6.07 Å². The molecule has 0 aliphatic rings. The Morgan fingerprint density at radius 2 is 1.84 bits per heavy atom. The predicted octanol–water partition coefficient (Wildman–Crippen LogP) is 3.16. The topological polar surface area (TPSA) is 43.1 Å². The normalized spacial score (nSPS) is 12.4. The summed E-state index contributed by atoms with van der Waals surface area (Å²) in [6.45, 7) is 1.75. The molecule has 5 heteroatoms. The van der Waals surface area contributed by atoms with Crippen molar-refractivity contribution in [1.82, 2.24) is 0 Å². The van der Waals surface area contributed by atoms with Crippen molar-refractivity contribution in [2.24, 2.45) is 0 Å². The summed E-state index contributed by atoms with van der Waals surface area (Å²) in [6.07, 6.45) is 0. The van der Waals surface area contributed by atoms with Crippen LogP contribution in [0.3, 0.4) is 0 Å². The smallest absolute Gasteiger partial charge is 0.126 e. The molecule has 1 unspecified atom stereocenters. The van der Waals surface area contributed by atoms with Crippen molar-refractivity contribution in [3.05, 3.63) is 59.2 Å². The van der Waals surface area contributed by atoms with E-state index in [4.69, 9.17) is 5.73 Å². The van der Waals surface area contributed by atoms with Crippen molar-refractivity contribution < 1.29 is 13.0 Å². The van der Waals surface area contributed by atoms with Crippen LogP contribution in [0.15, 0.2) is 41.3 Å². The second-order valence-corrected chi connectivity index (χ2v) is 5.73. The molecule has 2 aromatic rings. The molecule has 0 spiro atoms. The fourth-order valence-corrected chi connectivity index (χ4v) is 3.05. The van der Waals surface area contributed by atoms with Crippen LogP contribution in [0.4, 0.5) is 14.5 Å². The third-order valence-corrected chi connectivity index (χ3v) is 4.08. The van der Waals surface area contributed by atoms with Crippen molar-refractivity contribution in [1.29, 1.82) is 0 Å². The van der Waals surface area contributed by atoms with Crippen LogP contribution in [-0.4, -0.2) is 4.21 Å². The van der Waals surface area contributed by atoms with E-state index < -0.39 is 16.6 Å². The van der Waals surface area contributed by atoms with Crippen LogP contribution in [0, 0.1) is 18.6 Å². The zero-order chi connectivity index (χ0) is 14.0. The highest BCUT2D eigenvalue weighted by molar-refractivity contribution is 7.84. The van der Waals surface area contributed by atoms with Crippen LogP contribution in [0.2, 0.25) is 0 Å². The van der Waals surface area contributed by atoms with Crippen LogP contribution in [0.5, 0.6) is 0 Å². The minimum atomic E-state index is -1.41. The maximum atomic E-state index is 13.2. The molecule has 2 rings (SSSR count). The maximum Gasteiger partial charge on any atom is 0.126 e. The molecule has 0 aliphatic heterocycles. The molecule has 0 amide bonds. The first kappa shape index (κ1) is 13.7. The fraction of sp³-hybridized carbons (Fsp3) is 0.143. The van der Waals surface area contributed by atoms with Gasteiger partial charge in [-0.15, -0.1) is 0 Å². The average molecular weight is 281 g/mol. The number of rotatable bonds is 3. The van der Waals surface area contributed by atoms with Crippen molar-refractivity contribution in [3.8, 4) is 0 Å². The highest BCUT2D eigenvalue weighted by atomic mass is 32.2. The molecular formula is C14H13F2NOS. The Balaban J connectivity index is 2.25. The van der Waals surface area contributed by atoms with Gasteiger partial charge in [0.25, 0.3) is 0 Å². The van der Waals surface area contributed by atoms with E-state index in [1.165, 1.54) is 30.3 Å². The molecular weight excluding hydrogens is 268 g/mol. The molecule has 0 bridgehead atoms. The van der Waals surface area contributed by atoms with Gasteiger partial charge in [0.15, 0.2) is 0 Å². The number of halogens is 2. The summed E-state index contributed by atoms with van der Waals surface area (Å²) in [6, 6.07) is 8.14. The molecule has 19 heavy (non-hydrogen) atoms. The zero-order valence-corrected chi connectivity index (χ0v) is 11.1. The summed E-state index contributed by atoms with van der Waals surface area (Å²) in [7, 11) is -1.41. The number of aryl methyl sites for hydroxylation is 1. The summed E-state index contributed by atoms with van der Waals surface area (Å²) >= 11 is 0. The second kappa shape index (κ2) is 5.48. The Morgan fingerprint density at radius 3 is 2.47 bits per heavy atom. The Labute approximate surface area is 112 Å². The average Bonchev–Trinajstić information content (AvgIpc) is 2.31. The summed E-state index contributed by atoms with van der Waals surface area (Å²) in [5.74, 6) is -0.643. The number of anilines is 1. The molecule has 1 atom stereocenters. The number of nitrogen functional groups attached to an aromatic ring is 1. The Hall–Kier alpha value is -1.75. The summed E-state index contributed by atoms with van der Waals surface area (Å²) in [5.41, 5.74) is 7.24. The maximum absolute atomic E-state index is 13.2. The Kier molecular flexibility index (Phi) is 3.95. The molecule has 0 fully saturated rings. The lowest BCUT2D eigenvalue weighted by Crippen LogP contribution is -2.00. The summed E-state index contributed by atoms with van der Waals surface area (Å²) in [4.78, 5) is 0.334. The van der Waals surface area contributed by atoms with Gasteiger partial charge >= 0.3 is 0 Å². The molecule has 0 saturated heterocycles. The van der Waals surface area contributed by atoms with Crippen molar-refractivity contribution >= 4 is 16.5 Å². The Morgan fingerprint density at radius 1 is 1.11 bits per heavy atom. The third kappa shape index (κ3) is 3.38. The van der Waals surface area contributed by atoms with Gasteiger partial charge in [0, 0.05) is 10.6 Å². The molecule has 2 N–H and O–H groups in total. The number of benzene rings is 2. The second-order valence-electron chi connectivity index (χ2n) is 4.28. The van der Waals surface area contributed by atoms with E-state index in [1.54, 1.807) is 13.0 Å². The minimum Gasteiger partial charge on any atom is -0.399 e. The van der Waals surface area contributed by atoms with E-state index in [-0.39, 0.29) is 17.3 Å². The molecule has 2 nitrogen and oxygen atoms in total. The zero-order valence-electron chi connectivity index (χ0n) is 10.3. The lowest BCUT2D eigenvalue weighted by atomic mass is 10.1. The van der Waals surface area contributed by atoms with Crippen LogP contribution in [0.1, 0.15) is 11.1 Å². The van der Waals surface area contributed by atoms with Crippen molar-refractivity contribution in [3.63, 3.8) is 0 Å². The molecule has 100 valence electrons. The third-order valence-electron chi connectivity index (χ3n) is 2.75. The van der Waals surface area contributed by atoms with E-state index in [9.17, 15) is 13.0 Å². The van der Waals surface area contributed by atoms with Gasteiger partial charge < -0.3 is 5.73 Å². The largest absolute Gasteiger partial charge is 0.399 e. The van der Waals surface area contributed by atoms with Gasteiger partial charge in [0.1, 0.15) is 11.6 Å². The van der Waals surface area contributed by atoms with Gasteiger partial charge in [-0.3, -0.25) is 4.21 Å². The first-order valence-corrected chi connectivity index (χ1v) is 6.97. The highest BCUT2D eigenvalue weighted by Crippen LogP contribution is 2.19. The van der Waals surface area contributed by atoms with Crippen LogP contribution in [0.25, 0.3) is 0 Å². The van der Waals surface area contributed by atoms with E-state index >= 15 is 0 Å². The van der Waals surface area contributed by atoms with Gasteiger partial charge in [0.05, 0.1) is 16.6 Å². The van der Waals surface area contributed by atoms with Crippen LogP contribution >= 0.6 is 0 Å². The summed E-state index contributed by atoms with van der Waals surface area (Å²) in [5, 5.41) is 0. The van der Waals surface area contributed by atoms with Crippen LogP contribution < -0.4 is 5.73 Å². The van der Waals surface area contributed by atoms with Crippen LogP contribution in [-0.2, 0) is 16.6 Å². The number of hydrogen-bond donors (Lipinski definition) is 1. The molecule has 0 aliphatic carbocycles. The minimum absolute atomic E-state index is 0.203. The van der Waals surface area contributed by atoms with E-state index in [1.807, 2.05) is 0 Å². The number of nitrogens with two attached hydrogens (primary N) is 1. The Bertz CT molecular complexity index is 623. The predicted molar refractivity (Wildman–Crippen MR) is 72.1 cm³/mol. The molecule has 0 saturated carbocycles. The van der Waals surface area contributed by atoms with E-state index in [0.29, 0.717) is 4.90 Å². The lowest BCUT2D eigenvalue weighted by molar-refractivity contribution is 0.623. The SMILES string of the molecule is Cc1cc(F)ccc1CS(=O)c1cc(N)cc(F)c1. The first-order valence-electron chi connectivity index (χ1n) is 5.65. The van der Waals surface area contributed by atoms with Crippen molar-refractivity contribution in [2.75, 3.05) is 5.73 Å². The lowest BCUT2D eigenvalue weighted by Gasteiger charge is -2.07. The fourth-order valence-electron chi connectivity index (χ4n) is 1.76.